The van der Waals surface area contributed by atoms with E-state index in [1.165, 1.54) is 18.2 Å². The van der Waals surface area contributed by atoms with Gasteiger partial charge in [-0.1, -0.05) is 13.8 Å². The molecule has 1 aromatic carbocycles. The van der Waals surface area contributed by atoms with Gasteiger partial charge in [0, 0.05) is 12.5 Å². The van der Waals surface area contributed by atoms with E-state index in [0.717, 1.165) is 19.3 Å². The minimum atomic E-state index is -0.354. The van der Waals surface area contributed by atoms with Gasteiger partial charge in [0.25, 0.3) is 0 Å². The number of halogens is 1. The standard InChI is InChI=1S/C17H24FN3O2/c1-11(2)3-8-16(22)19-10-17(23)21-14-7-4-12(18)9-15(14)20-13-5-6-13/h4,7,9,11,13,20H,3,5-6,8,10H2,1-2H3,(H,19,22)(H,21,23). The molecule has 1 aliphatic rings. The molecule has 0 radical (unpaired) electrons. The Morgan fingerprint density at radius 2 is 1.96 bits per heavy atom. The lowest BCUT2D eigenvalue weighted by molar-refractivity contribution is -0.124. The van der Waals surface area contributed by atoms with Gasteiger partial charge in [-0.2, -0.15) is 0 Å². The van der Waals surface area contributed by atoms with Crippen LogP contribution >= 0.6 is 0 Å². The van der Waals surface area contributed by atoms with Gasteiger partial charge in [0.05, 0.1) is 17.9 Å². The minimum Gasteiger partial charge on any atom is -0.381 e. The Morgan fingerprint density at radius 3 is 2.61 bits per heavy atom. The van der Waals surface area contributed by atoms with E-state index >= 15 is 0 Å². The van der Waals surface area contributed by atoms with Crippen LogP contribution < -0.4 is 16.0 Å². The number of carbonyl (C=O) groups is 2. The number of nitrogens with one attached hydrogen (secondary N) is 3. The molecule has 1 aromatic rings. The molecule has 2 rings (SSSR count). The van der Waals surface area contributed by atoms with Crippen molar-refractivity contribution in [2.75, 3.05) is 17.2 Å². The Kier molecular flexibility index (Phi) is 5.96. The Bertz CT molecular complexity index is 571. The van der Waals surface area contributed by atoms with E-state index in [1.54, 1.807) is 0 Å². The Hall–Kier alpha value is -2.11. The van der Waals surface area contributed by atoms with Gasteiger partial charge >= 0.3 is 0 Å². The topological polar surface area (TPSA) is 70.2 Å². The third-order valence-corrected chi connectivity index (χ3v) is 3.59. The predicted molar refractivity (Wildman–Crippen MR) is 88.8 cm³/mol. The van der Waals surface area contributed by atoms with E-state index in [1.807, 2.05) is 13.8 Å². The summed E-state index contributed by atoms with van der Waals surface area (Å²) in [4.78, 5) is 23.6. The van der Waals surface area contributed by atoms with Crippen LogP contribution in [0.2, 0.25) is 0 Å². The zero-order valence-corrected chi connectivity index (χ0v) is 13.6. The maximum atomic E-state index is 13.3. The molecule has 23 heavy (non-hydrogen) atoms. The van der Waals surface area contributed by atoms with Crippen molar-refractivity contribution >= 4 is 23.2 Å². The summed E-state index contributed by atoms with van der Waals surface area (Å²) in [6.07, 6.45) is 3.31. The van der Waals surface area contributed by atoms with Gasteiger partial charge in [-0.25, -0.2) is 4.39 Å². The molecular weight excluding hydrogens is 297 g/mol. The van der Waals surface area contributed by atoms with E-state index in [4.69, 9.17) is 0 Å². The predicted octanol–water partition coefficient (Wildman–Crippen LogP) is 2.89. The number of hydrogen-bond acceptors (Lipinski definition) is 3. The number of carbonyl (C=O) groups excluding carboxylic acids is 2. The SMILES string of the molecule is CC(C)CCC(=O)NCC(=O)Nc1ccc(F)cc1NC1CC1. The summed E-state index contributed by atoms with van der Waals surface area (Å²) >= 11 is 0. The fourth-order valence-corrected chi connectivity index (χ4v) is 2.07. The first-order valence-electron chi connectivity index (χ1n) is 8.06. The van der Waals surface area contributed by atoms with Gasteiger partial charge in [0.2, 0.25) is 11.8 Å². The summed E-state index contributed by atoms with van der Waals surface area (Å²) in [5.41, 5.74) is 1.10. The number of hydrogen-bond donors (Lipinski definition) is 3. The van der Waals surface area contributed by atoms with Crippen LogP contribution in [-0.4, -0.2) is 24.4 Å². The van der Waals surface area contributed by atoms with Gasteiger partial charge in [0.1, 0.15) is 5.82 Å². The molecule has 0 atom stereocenters. The fraction of sp³-hybridized carbons (Fsp3) is 0.529. The summed E-state index contributed by atoms with van der Waals surface area (Å²) in [7, 11) is 0. The zero-order valence-electron chi connectivity index (χ0n) is 13.6. The number of benzene rings is 1. The molecule has 0 aromatic heterocycles. The highest BCUT2D eigenvalue weighted by atomic mass is 19.1. The Balaban J connectivity index is 1.83. The van der Waals surface area contributed by atoms with Crippen LogP contribution in [0.25, 0.3) is 0 Å². The van der Waals surface area contributed by atoms with Gasteiger partial charge in [-0.05, 0) is 43.4 Å². The molecule has 0 unspecified atom stereocenters. The van der Waals surface area contributed by atoms with Crippen molar-refractivity contribution in [2.45, 2.75) is 45.6 Å². The third-order valence-electron chi connectivity index (χ3n) is 3.59. The quantitative estimate of drug-likeness (QED) is 0.689. The molecule has 126 valence electrons. The average molecular weight is 321 g/mol. The summed E-state index contributed by atoms with van der Waals surface area (Å²) in [6, 6.07) is 4.55. The van der Waals surface area contributed by atoms with Crippen LogP contribution in [0.3, 0.4) is 0 Å². The number of rotatable bonds is 8. The molecule has 3 N–H and O–H groups in total. The molecule has 2 amide bonds. The molecule has 6 heteroatoms. The first kappa shape index (κ1) is 17.2. The zero-order chi connectivity index (χ0) is 16.8. The monoisotopic (exact) mass is 321 g/mol. The summed E-state index contributed by atoms with van der Waals surface area (Å²) in [5, 5.41) is 8.49. The number of amides is 2. The largest absolute Gasteiger partial charge is 0.381 e. The smallest absolute Gasteiger partial charge is 0.243 e. The van der Waals surface area contributed by atoms with E-state index in [0.29, 0.717) is 29.8 Å². The van der Waals surface area contributed by atoms with E-state index in [2.05, 4.69) is 16.0 Å². The van der Waals surface area contributed by atoms with Crippen molar-refractivity contribution in [2.24, 2.45) is 5.92 Å². The Morgan fingerprint density at radius 1 is 1.22 bits per heavy atom. The molecule has 0 saturated heterocycles. The van der Waals surface area contributed by atoms with Crippen molar-refractivity contribution in [1.29, 1.82) is 0 Å². The lowest BCUT2D eigenvalue weighted by atomic mass is 10.1. The van der Waals surface area contributed by atoms with Gasteiger partial charge in [-0.15, -0.1) is 0 Å². The average Bonchev–Trinajstić information content (AvgIpc) is 3.30. The summed E-state index contributed by atoms with van der Waals surface area (Å²) < 4.78 is 13.3. The molecule has 0 heterocycles. The van der Waals surface area contributed by atoms with E-state index in [9.17, 15) is 14.0 Å². The maximum Gasteiger partial charge on any atom is 0.243 e. The molecule has 0 aliphatic heterocycles. The number of anilines is 2. The molecule has 1 fully saturated rings. The van der Waals surface area contributed by atoms with Crippen molar-refractivity contribution < 1.29 is 14.0 Å². The van der Waals surface area contributed by atoms with Crippen LogP contribution in [0.1, 0.15) is 39.5 Å². The van der Waals surface area contributed by atoms with E-state index in [-0.39, 0.29) is 24.2 Å². The molecule has 5 nitrogen and oxygen atoms in total. The lowest BCUT2D eigenvalue weighted by Gasteiger charge is -2.13. The molecule has 0 spiro atoms. The summed E-state index contributed by atoms with van der Waals surface area (Å²) in [6.45, 7) is 4.00. The van der Waals surface area contributed by atoms with Crippen molar-refractivity contribution in [1.82, 2.24) is 5.32 Å². The van der Waals surface area contributed by atoms with Crippen LogP contribution in [-0.2, 0) is 9.59 Å². The van der Waals surface area contributed by atoms with Gasteiger partial charge in [0.15, 0.2) is 0 Å². The van der Waals surface area contributed by atoms with Crippen molar-refractivity contribution in [3.63, 3.8) is 0 Å². The molecule has 1 saturated carbocycles. The van der Waals surface area contributed by atoms with Gasteiger partial charge in [-0.3, -0.25) is 9.59 Å². The fourth-order valence-electron chi connectivity index (χ4n) is 2.07. The molecule has 0 bridgehead atoms. The highest BCUT2D eigenvalue weighted by molar-refractivity contribution is 5.97. The summed E-state index contributed by atoms with van der Waals surface area (Å²) in [5.74, 6) is -0.365. The minimum absolute atomic E-state index is 0.0861. The van der Waals surface area contributed by atoms with Crippen molar-refractivity contribution in [3.05, 3.63) is 24.0 Å². The lowest BCUT2D eigenvalue weighted by Crippen LogP contribution is -2.33. The normalized spacial score (nSPS) is 13.7. The Labute approximate surface area is 136 Å². The van der Waals surface area contributed by atoms with Crippen LogP contribution in [0.4, 0.5) is 15.8 Å². The second-order valence-electron chi connectivity index (χ2n) is 6.37. The first-order valence-corrected chi connectivity index (χ1v) is 8.06. The highest BCUT2D eigenvalue weighted by Gasteiger charge is 2.22. The molecular formula is C17H24FN3O2. The third kappa shape index (κ3) is 6.26. The second-order valence-corrected chi connectivity index (χ2v) is 6.37. The second kappa shape index (κ2) is 7.94. The van der Waals surface area contributed by atoms with Crippen LogP contribution in [0, 0.1) is 11.7 Å². The van der Waals surface area contributed by atoms with Crippen LogP contribution in [0.5, 0.6) is 0 Å². The van der Waals surface area contributed by atoms with E-state index < -0.39 is 0 Å². The van der Waals surface area contributed by atoms with Crippen molar-refractivity contribution in [3.8, 4) is 0 Å². The van der Waals surface area contributed by atoms with Crippen LogP contribution in [0.15, 0.2) is 18.2 Å². The maximum absolute atomic E-state index is 13.3. The van der Waals surface area contributed by atoms with Gasteiger partial charge < -0.3 is 16.0 Å². The highest BCUT2D eigenvalue weighted by Crippen LogP contribution is 2.30. The first-order chi connectivity index (χ1) is 10.9. The molecule has 1 aliphatic carbocycles.